The predicted molar refractivity (Wildman–Crippen MR) is 65.6 cm³/mol. The fourth-order valence-corrected chi connectivity index (χ4v) is 2.81. The Bertz CT molecular complexity index is 369. The minimum Gasteiger partial charge on any atom is -0.355 e. The molecule has 3 nitrogen and oxygen atoms in total. The average molecular weight is 233 g/mol. The summed E-state index contributed by atoms with van der Waals surface area (Å²) in [6.07, 6.45) is 0. The molecule has 0 spiro atoms. The van der Waals surface area contributed by atoms with Crippen molar-refractivity contribution in [1.29, 1.82) is 0 Å². The Kier molecular flexibility index (Phi) is 2.90. The first-order valence-corrected chi connectivity index (χ1v) is 6.24. The first-order chi connectivity index (χ1) is 8.30. The van der Waals surface area contributed by atoms with Crippen LogP contribution in [-0.2, 0) is 9.47 Å². The van der Waals surface area contributed by atoms with Crippen molar-refractivity contribution in [1.82, 2.24) is 4.90 Å². The molecule has 0 bridgehead atoms. The number of benzene rings is 1. The van der Waals surface area contributed by atoms with Crippen molar-refractivity contribution >= 4 is 0 Å². The average Bonchev–Trinajstić information content (AvgIpc) is 3.16. The van der Waals surface area contributed by atoms with Gasteiger partial charge < -0.3 is 9.47 Å². The fraction of sp³-hybridized carbons (Fsp3) is 0.571. The third-order valence-electron chi connectivity index (χ3n) is 3.65. The van der Waals surface area contributed by atoms with Gasteiger partial charge in [-0.25, -0.2) is 0 Å². The lowest BCUT2D eigenvalue weighted by molar-refractivity contribution is -0.174. The van der Waals surface area contributed by atoms with Crippen molar-refractivity contribution in [3.63, 3.8) is 0 Å². The van der Waals surface area contributed by atoms with Crippen molar-refractivity contribution in [2.75, 3.05) is 33.1 Å². The zero-order valence-electron chi connectivity index (χ0n) is 10.3. The van der Waals surface area contributed by atoms with E-state index in [-0.39, 0.29) is 5.41 Å². The highest BCUT2D eigenvalue weighted by molar-refractivity contribution is 5.23. The van der Waals surface area contributed by atoms with E-state index < -0.39 is 0 Å². The van der Waals surface area contributed by atoms with Gasteiger partial charge in [0.25, 0.3) is 0 Å². The molecule has 2 aliphatic heterocycles. The van der Waals surface area contributed by atoms with E-state index in [0.717, 1.165) is 13.2 Å². The Hall–Kier alpha value is -0.900. The van der Waals surface area contributed by atoms with Gasteiger partial charge in [0, 0.05) is 24.5 Å². The van der Waals surface area contributed by atoms with Crippen LogP contribution in [0.4, 0.5) is 0 Å². The van der Waals surface area contributed by atoms with E-state index in [1.54, 1.807) is 0 Å². The summed E-state index contributed by atoms with van der Waals surface area (Å²) in [5.41, 5.74) is 1.44. The number of nitrogens with zero attached hydrogens (tertiary/aromatic N) is 1. The van der Waals surface area contributed by atoms with E-state index in [2.05, 4.69) is 42.2 Å². The summed E-state index contributed by atoms with van der Waals surface area (Å²) in [4.78, 5) is 2.49. The molecule has 92 valence electrons. The maximum Gasteiger partial charge on any atom is 0.146 e. The molecule has 1 aromatic rings. The van der Waals surface area contributed by atoms with Crippen molar-refractivity contribution in [2.24, 2.45) is 5.41 Å². The molecule has 2 aliphatic rings. The zero-order valence-corrected chi connectivity index (χ0v) is 10.3. The van der Waals surface area contributed by atoms with Crippen LogP contribution >= 0.6 is 0 Å². The summed E-state index contributed by atoms with van der Waals surface area (Å²) in [6, 6.07) is 11.1. The third kappa shape index (κ3) is 2.23. The van der Waals surface area contributed by atoms with Gasteiger partial charge in [-0.3, -0.25) is 4.90 Å². The number of hydrogen-bond acceptors (Lipinski definition) is 3. The molecule has 0 radical (unpaired) electrons. The highest BCUT2D eigenvalue weighted by Crippen LogP contribution is 2.43. The summed E-state index contributed by atoms with van der Waals surface area (Å²) < 4.78 is 11.0. The van der Waals surface area contributed by atoms with Crippen LogP contribution in [0.5, 0.6) is 0 Å². The minimum atomic E-state index is 0.0656. The van der Waals surface area contributed by atoms with Gasteiger partial charge >= 0.3 is 0 Å². The second-order valence-electron chi connectivity index (χ2n) is 5.32. The molecule has 2 fully saturated rings. The van der Waals surface area contributed by atoms with Gasteiger partial charge in [0.1, 0.15) is 6.79 Å². The van der Waals surface area contributed by atoms with Gasteiger partial charge in [0.2, 0.25) is 0 Å². The van der Waals surface area contributed by atoms with Crippen LogP contribution in [0.3, 0.4) is 0 Å². The van der Waals surface area contributed by atoms with E-state index in [9.17, 15) is 0 Å². The van der Waals surface area contributed by atoms with Gasteiger partial charge in [0.15, 0.2) is 0 Å². The minimum absolute atomic E-state index is 0.0656. The predicted octanol–water partition coefficient (Wildman–Crippen LogP) is 2.05. The van der Waals surface area contributed by atoms with Crippen molar-refractivity contribution < 1.29 is 9.47 Å². The molecule has 1 aromatic carbocycles. The zero-order chi connectivity index (χ0) is 11.7. The van der Waals surface area contributed by atoms with Gasteiger partial charge in [0.05, 0.1) is 13.2 Å². The van der Waals surface area contributed by atoms with Crippen molar-refractivity contribution in [2.45, 2.75) is 13.0 Å². The highest BCUT2D eigenvalue weighted by Gasteiger charge is 2.44. The Morgan fingerprint density at radius 1 is 1.12 bits per heavy atom. The van der Waals surface area contributed by atoms with E-state index in [4.69, 9.17) is 9.47 Å². The molecule has 1 unspecified atom stereocenters. The van der Waals surface area contributed by atoms with E-state index in [1.165, 1.54) is 18.7 Å². The Morgan fingerprint density at radius 3 is 2.35 bits per heavy atom. The summed E-state index contributed by atoms with van der Waals surface area (Å²) in [6.45, 7) is 6.65. The molecule has 2 heterocycles. The van der Waals surface area contributed by atoms with Crippen molar-refractivity contribution in [3.05, 3.63) is 35.9 Å². The molecule has 2 saturated heterocycles. The van der Waals surface area contributed by atoms with Crippen molar-refractivity contribution in [3.8, 4) is 0 Å². The van der Waals surface area contributed by atoms with Crippen LogP contribution in [0, 0.1) is 5.41 Å². The maximum atomic E-state index is 5.52. The lowest BCUT2D eigenvalue weighted by atomic mass is 9.79. The smallest absolute Gasteiger partial charge is 0.146 e. The quantitative estimate of drug-likeness (QED) is 0.746. The molecule has 3 heteroatoms. The van der Waals surface area contributed by atoms with E-state index in [1.807, 2.05) is 0 Å². The Labute approximate surface area is 102 Å². The molecule has 0 saturated carbocycles. The molecular formula is C14H19NO2. The highest BCUT2D eigenvalue weighted by atomic mass is 16.7. The summed E-state index contributed by atoms with van der Waals surface area (Å²) >= 11 is 0. The molecule has 0 N–H and O–H groups in total. The topological polar surface area (TPSA) is 21.5 Å². The standard InChI is InChI=1S/C14H19NO2/c1-14(9-16-11-17-10-14)13(15-7-8-15)12-5-3-2-4-6-12/h2-6,13H,7-11H2,1H3. The normalized spacial score (nSPS) is 25.5. The van der Waals surface area contributed by atoms with Gasteiger partial charge in [-0.1, -0.05) is 37.3 Å². The molecule has 17 heavy (non-hydrogen) atoms. The number of rotatable bonds is 3. The fourth-order valence-electron chi connectivity index (χ4n) is 2.81. The first-order valence-electron chi connectivity index (χ1n) is 6.24. The second-order valence-corrected chi connectivity index (χ2v) is 5.32. The summed E-state index contributed by atoms with van der Waals surface area (Å²) in [5.74, 6) is 0. The van der Waals surface area contributed by atoms with Gasteiger partial charge in [-0.15, -0.1) is 0 Å². The van der Waals surface area contributed by atoms with E-state index in [0.29, 0.717) is 12.8 Å². The first kappa shape index (κ1) is 11.2. The molecule has 0 aliphatic carbocycles. The maximum absolute atomic E-state index is 5.52. The van der Waals surface area contributed by atoms with E-state index >= 15 is 0 Å². The van der Waals surface area contributed by atoms with Crippen LogP contribution in [0.25, 0.3) is 0 Å². The Balaban J connectivity index is 1.89. The Morgan fingerprint density at radius 2 is 1.76 bits per heavy atom. The number of hydrogen-bond donors (Lipinski definition) is 0. The summed E-state index contributed by atoms with van der Waals surface area (Å²) in [7, 11) is 0. The van der Waals surface area contributed by atoms with Gasteiger partial charge in [-0.2, -0.15) is 0 Å². The SMILES string of the molecule is CC1(C(c2ccccc2)N2CC2)COCOC1. The molecule has 3 rings (SSSR count). The molecular weight excluding hydrogens is 214 g/mol. The third-order valence-corrected chi connectivity index (χ3v) is 3.65. The monoisotopic (exact) mass is 233 g/mol. The number of ether oxygens (including phenoxy) is 2. The lowest BCUT2D eigenvalue weighted by Crippen LogP contribution is -2.42. The second kappa shape index (κ2) is 4.41. The molecule has 0 amide bonds. The summed E-state index contributed by atoms with van der Waals surface area (Å²) in [5, 5.41) is 0. The van der Waals surface area contributed by atoms with Crippen LogP contribution < -0.4 is 0 Å². The molecule has 1 atom stereocenters. The van der Waals surface area contributed by atoms with Crippen LogP contribution in [0.2, 0.25) is 0 Å². The lowest BCUT2D eigenvalue weighted by Gasteiger charge is -2.41. The van der Waals surface area contributed by atoms with Crippen LogP contribution in [0.15, 0.2) is 30.3 Å². The van der Waals surface area contributed by atoms with Crippen LogP contribution in [-0.4, -0.2) is 38.0 Å². The van der Waals surface area contributed by atoms with Crippen LogP contribution in [0.1, 0.15) is 18.5 Å². The van der Waals surface area contributed by atoms with Gasteiger partial charge in [-0.05, 0) is 5.56 Å². The molecule has 0 aromatic heterocycles. The largest absolute Gasteiger partial charge is 0.355 e.